The Morgan fingerprint density at radius 3 is 2.64 bits per heavy atom. The molecule has 0 saturated heterocycles. The van der Waals surface area contributed by atoms with Crippen LogP contribution < -0.4 is 3.07 Å². The van der Waals surface area contributed by atoms with E-state index < -0.39 is 0 Å². The van der Waals surface area contributed by atoms with E-state index in [1.54, 1.807) is 6.07 Å². The summed E-state index contributed by atoms with van der Waals surface area (Å²) < 4.78 is 5.75. The molecule has 1 aromatic carbocycles. The molecule has 0 N–H and O–H groups in total. The number of esters is 1. The van der Waals surface area contributed by atoms with Crippen LogP contribution in [-0.4, -0.2) is 13.1 Å². The molecule has 3 heteroatoms. The second-order valence-electron chi connectivity index (χ2n) is 2.15. The molecule has 0 spiro atoms. The average molecular weight is 336 g/mol. The van der Waals surface area contributed by atoms with E-state index in [1.165, 1.54) is 7.11 Å². The zero-order valence-corrected chi connectivity index (χ0v) is 11.8. The molecular weight excluding hydrogens is 329 g/mol. The van der Waals surface area contributed by atoms with Gasteiger partial charge in [0, 0.05) is 0 Å². The molecule has 0 aromatic heterocycles. The predicted molar refractivity (Wildman–Crippen MR) is 37.4 cm³/mol. The van der Waals surface area contributed by atoms with Gasteiger partial charge in [0.05, 0.1) is 0 Å². The van der Waals surface area contributed by atoms with Crippen molar-refractivity contribution in [3.8, 4) is 0 Å². The maximum atomic E-state index is 11.0. The van der Waals surface area contributed by atoms with E-state index in [9.17, 15) is 4.79 Å². The summed E-state index contributed by atoms with van der Waals surface area (Å²) in [7, 11) is 1.41. The SMILES string of the molecule is COC(=O)c1cccc[c]1[Hg]. The Labute approximate surface area is 81.5 Å². The third-order valence-corrected chi connectivity index (χ3v) is 3.82. The fourth-order valence-electron chi connectivity index (χ4n) is 0.829. The molecule has 0 aliphatic carbocycles. The zero-order valence-electron chi connectivity index (χ0n) is 6.33. The van der Waals surface area contributed by atoms with Gasteiger partial charge in [-0.25, -0.2) is 0 Å². The second-order valence-corrected chi connectivity index (χ2v) is 5.11. The van der Waals surface area contributed by atoms with Gasteiger partial charge in [0.25, 0.3) is 0 Å². The molecule has 0 atom stereocenters. The summed E-state index contributed by atoms with van der Waals surface area (Å²) in [4.78, 5) is 11.0. The van der Waals surface area contributed by atoms with Gasteiger partial charge in [-0.2, -0.15) is 0 Å². The molecule has 53 valence electrons. The summed E-state index contributed by atoms with van der Waals surface area (Å²) in [6, 6.07) is 7.56. The van der Waals surface area contributed by atoms with Gasteiger partial charge < -0.3 is 0 Å². The molecule has 2 nitrogen and oxygen atoms in total. The Morgan fingerprint density at radius 2 is 2.09 bits per heavy atom. The van der Waals surface area contributed by atoms with E-state index in [1.807, 2.05) is 18.2 Å². The first kappa shape index (κ1) is 8.72. The number of carbonyl (C=O) groups is 1. The van der Waals surface area contributed by atoms with Crippen LogP contribution in [0, 0.1) is 0 Å². The van der Waals surface area contributed by atoms with E-state index >= 15 is 0 Å². The number of rotatable bonds is 1. The quantitative estimate of drug-likeness (QED) is 0.556. The third-order valence-electron chi connectivity index (χ3n) is 1.42. The number of hydrogen-bond acceptors (Lipinski definition) is 2. The molecule has 11 heavy (non-hydrogen) atoms. The van der Waals surface area contributed by atoms with Crippen LogP contribution in [0.15, 0.2) is 24.3 Å². The summed E-state index contributed by atoms with van der Waals surface area (Å²) in [6.07, 6.45) is 0. The molecule has 0 radical (unpaired) electrons. The van der Waals surface area contributed by atoms with E-state index in [-0.39, 0.29) is 5.97 Å². The van der Waals surface area contributed by atoms with Gasteiger partial charge in [0.1, 0.15) is 0 Å². The van der Waals surface area contributed by atoms with E-state index in [4.69, 9.17) is 0 Å². The molecule has 0 unspecified atom stereocenters. The van der Waals surface area contributed by atoms with Gasteiger partial charge in [0.15, 0.2) is 0 Å². The topological polar surface area (TPSA) is 26.3 Å². The summed E-state index contributed by atoms with van der Waals surface area (Å²) in [5.74, 6) is -0.226. The number of carbonyl (C=O) groups excluding carboxylic acids is 1. The van der Waals surface area contributed by atoms with Crippen LogP contribution in [0.1, 0.15) is 10.4 Å². The second kappa shape index (κ2) is 3.86. The average Bonchev–Trinajstić information content (AvgIpc) is 2.04. The minimum atomic E-state index is -0.226. The number of ether oxygens (including phenoxy) is 1. The van der Waals surface area contributed by atoms with Gasteiger partial charge in [-0.3, -0.25) is 0 Å². The van der Waals surface area contributed by atoms with Crippen molar-refractivity contribution in [2.24, 2.45) is 0 Å². The minimum absolute atomic E-state index is 0.226. The fraction of sp³-hybridized carbons (Fsp3) is 0.125. The molecule has 0 amide bonds. The van der Waals surface area contributed by atoms with Crippen LogP contribution in [0.3, 0.4) is 0 Å². The van der Waals surface area contributed by atoms with Crippen LogP contribution in [0.4, 0.5) is 0 Å². The van der Waals surface area contributed by atoms with Crippen molar-refractivity contribution in [3.63, 3.8) is 0 Å². The molecule has 0 bridgehead atoms. The Balaban J connectivity index is 3.03. The van der Waals surface area contributed by atoms with Crippen LogP contribution in [-0.2, 0) is 30.9 Å². The van der Waals surface area contributed by atoms with Gasteiger partial charge in [-0.1, -0.05) is 0 Å². The van der Waals surface area contributed by atoms with Crippen molar-refractivity contribution in [2.45, 2.75) is 0 Å². The van der Waals surface area contributed by atoms with Crippen molar-refractivity contribution in [1.82, 2.24) is 0 Å². The first-order valence-electron chi connectivity index (χ1n) is 3.25. The van der Waals surface area contributed by atoms with Crippen LogP contribution in [0.2, 0.25) is 0 Å². The number of methoxy groups -OCH3 is 1. The Bertz CT molecular complexity index is 271. The van der Waals surface area contributed by atoms with Crippen LogP contribution in [0.25, 0.3) is 0 Å². The molecular formula is C8H7HgO2. The predicted octanol–water partition coefficient (Wildman–Crippen LogP) is 0.645. The van der Waals surface area contributed by atoms with Gasteiger partial charge in [-0.15, -0.1) is 0 Å². The number of benzene rings is 1. The van der Waals surface area contributed by atoms with Crippen LogP contribution in [0.5, 0.6) is 0 Å². The van der Waals surface area contributed by atoms with E-state index in [2.05, 4.69) is 4.74 Å². The monoisotopic (exact) mass is 337 g/mol. The summed E-state index contributed by atoms with van der Waals surface area (Å²) in [6.45, 7) is 0. The fourth-order valence-corrected chi connectivity index (χ4v) is 2.38. The number of hydrogen-bond donors (Lipinski definition) is 0. The van der Waals surface area contributed by atoms with Crippen molar-refractivity contribution in [3.05, 3.63) is 29.8 Å². The molecule has 1 rings (SSSR count). The standard InChI is InChI=1S/C8H7O2.Hg/c1-10-8(9)7-5-3-2-4-6-7;/h2-5H,1H3;. The van der Waals surface area contributed by atoms with Gasteiger partial charge in [0.2, 0.25) is 0 Å². The molecule has 0 saturated carbocycles. The first-order valence-corrected chi connectivity index (χ1v) is 6.00. The Kier molecular flexibility index (Phi) is 3.06. The van der Waals surface area contributed by atoms with Crippen molar-refractivity contribution < 1.29 is 35.7 Å². The molecule has 0 aliphatic heterocycles. The Morgan fingerprint density at radius 1 is 1.45 bits per heavy atom. The van der Waals surface area contributed by atoms with E-state index in [0.717, 1.165) is 8.64 Å². The molecule has 1 aromatic rings. The molecule has 0 heterocycles. The van der Waals surface area contributed by atoms with Gasteiger partial charge >= 0.3 is 81.6 Å². The van der Waals surface area contributed by atoms with Crippen molar-refractivity contribution in [1.29, 1.82) is 0 Å². The molecule has 0 fully saturated rings. The maximum absolute atomic E-state index is 11.0. The normalized spacial score (nSPS) is 9.36. The van der Waals surface area contributed by atoms with Crippen LogP contribution >= 0.6 is 0 Å². The van der Waals surface area contributed by atoms with Crippen molar-refractivity contribution in [2.75, 3.05) is 7.11 Å². The third kappa shape index (κ3) is 2.02. The summed E-state index contributed by atoms with van der Waals surface area (Å²) >= 11 is 0.475. The molecule has 0 aliphatic rings. The van der Waals surface area contributed by atoms with Crippen molar-refractivity contribution >= 4 is 9.04 Å². The van der Waals surface area contributed by atoms with E-state index in [0.29, 0.717) is 26.1 Å². The summed E-state index contributed by atoms with van der Waals surface area (Å²) in [5.41, 5.74) is 0.721. The summed E-state index contributed by atoms with van der Waals surface area (Å²) in [5, 5.41) is 0. The zero-order chi connectivity index (χ0) is 8.27. The first-order chi connectivity index (χ1) is 5.25. The Hall–Kier alpha value is -0.375. The van der Waals surface area contributed by atoms with Gasteiger partial charge in [-0.05, 0) is 0 Å².